The van der Waals surface area contributed by atoms with Crippen molar-refractivity contribution in [3.05, 3.63) is 0 Å². The molecule has 5 heteroatoms. The second-order valence-corrected chi connectivity index (χ2v) is 3.62. The maximum Gasteiger partial charge on any atom is 0.444 e. The fourth-order valence-electron chi connectivity index (χ4n) is 0.321. The van der Waals surface area contributed by atoms with Crippen molar-refractivity contribution in [1.82, 2.24) is 0 Å². The van der Waals surface area contributed by atoms with E-state index in [2.05, 4.69) is 0 Å². The number of halogens is 3. The van der Waals surface area contributed by atoms with Gasteiger partial charge in [-0.05, 0) is 25.1 Å². The first-order valence-corrected chi connectivity index (χ1v) is 3.58. The maximum absolute atomic E-state index is 11.5. The molecule has 0 saturated carbocycles. The molecule has 0 rings (SSSR count). The number of alkyl halides is 3. The maximum atomic E-state index is 11.5. The molecule has 0 spiro atoms. The topological polar surface area (TPSA) is 20.2 Å². The van der Waals surface area contributed by atoms with Crippen molar-refractivity contribution in [2.45, 2.75) is 30.7 Å². The average molecular weight is 174 g/mol. The van der Waals surface area contributed by atoms with Gasteiger partial charge in [0.15, 0.2) is 0 Å². The van der Waals surface area contributed by atoms with Gasteiger partial charge in [-0.3, -0.25) is 0 Å². The summed E-state index contributed by atoms with van der Waals surface area (Å²) in [7, 11) is 0. The Balaban J connectivity index is 3.89. The minimum Gasteiger partial charge on any atom is -0.379 e. The first kappa shape index (κ1) is 10.1. The lowest BCUT2D eigenvalue weighted by Gasteiger charge is -2.21. The summed E-state index contributed by atoms with van der Waals surface area (Å²) in [6.07, 6.45) is 0.0805. The molecule has 0 heterocycles. The van der Waals surface area contributed by atoms with Gasteiger partial charge in [-0.15, -0.1) is 0 Å². The van der Waals surface area contributed by atoms with Crippen molar-refractivity contribution < 1.29 is 18.3 Å². The molecule has 1 nitrogen and oxygen atoms in total. The van der Waals surface area contributed by atoms with Gasteiger partial charge in [-0.1, -0.05) is 6.92 Å². The summed E-state index contributed by atoms with van der Waals surface area (Å²) < 4.78 is 34.6. The molecule has 0 aromatic rings. The van der Waals surface area contributed by atoms with Crippen LogP contribution < -0.4 is 0 Å². The Labute approximate surface area is 61.6 Å². The summed E-state index contributed by atoms with van der Waals surface area (Å²) in [6.45, 7) is 2.64. The Bertz CT molecular complexity index is 110. The van der Waals surface area contributed by atoms with Crippen LogP contribution in [0, 0.1) is 0 Å². The van der Waals surface area contributed by atoms with Crippen LogP contribution in [0.25, 0.3) is 0 Å². The van der Waals surface area contributed by atoms with E-state index in [1.165, 1.54) is 6.92 Å². The standard InChI is InChI=1S/C5H9F3OS/c1-3-4(2,9)10-5(6,7)8/h9H,3H2,1-2H3. The minimum atomic E-state index is -4.35. The van der Waals surface area contributed by atoms with Gasteiger partial charge in [0, 0.05) is 0 Å². The molecule has 0 saturated heterocycles. The third-order valence-electron chi connectivity index (χ3n) is 0.992. The third kappa shape index (κ3) is 4.93. The fourth-order valence-corrected chi connectivity index (χ4v) is 0.964. The van der Waals surface area contributed by atoms with Gasteiger partial charge in [-0.2, -0.15) is 13.2 Å². The van der Waals surface area contributed by atoms with E-state index in [9.17, 15) is 13.2 Å². The van der Waals surface area contributed by atoms with E-state index in [1.54, 1.807) is 0 Å². The van der Waals surface area contributed by atoms with Gasteiger partial charge in [-0.25, -0.2) is 0 Å². The highest BCUT2D eigenvalue weighted by Crippen LogP contribution is 2.40. The van der Waals surface area contributed by atoms with E-state index in [1.807, 2.05) is 0 Å². The summed E-state index contributed by atoms with van der Waals surface area (Å²) in [5.74, 6) is 0. The Morgan fingerprint density at radius 3 is 1.90 bits per heavy atom. The van der Waals surface area contributed by atoms with E-state index in [0.29, 0.717) is 0 Å². The van der Waals surface area contributed by atoms with E-state index >= 15 is 0 Å². The first-order valence-electron chi connectivity index (χ1n) is 2.76. The normalized spacial score (nSPS) is 18.6. The molecule has 0 fully saturated rings. The SMILES string of the molecule is CCC(C)(O)SC(F)(F)F. The molecule has 1 atom stereocenters. The van der Waals surface area contributed by atoms with Crippen molar-refractivity contribution in [3.63, 3.8) is 0 Å². The highest BCUT2D eigenvalue weighted by atomic mass is 32.2. The van der Waals surface area contributed by atoms with Crippen molar-refractivity contribution in [1.29, 1.82) is 0 Å². The van der Waals surface area contributed by atoms with Gasteiger partial charge in [0.05, 0.1) is 0 Å². The zero-order valence-electron chi connectivity index (χ0n) is 5.70. The van der Waals surface area contributed by atoms with Crippen LogP contribution in [0.4, 0.5) is 13.2 Å². The van der Waals surface area contributed by atoms with Crippen molar-refractivity contribution in [2.24, 2.45) is 0 Å². The summed E-state index contributed by atoms with van der Waals surface area (Å²) >= 11 is -0.385. The van der Waals surface area contributed by atoms with Gasteiger partial charge < -0.3 is 5.11 Å². The smallest absolute Gasteiger partial charge is 0.379 e. The highest BCUT2D eigenvalue weighted by molar-refractivity contribution is 8.01. The molecule has 10 heavy (non-hydrogen) atoms. The van der Waals surface area contributed by atoms with Gasteiger partial charge in [0.2, 0.25) is 0 Å². The van der Waals surface area contributed by atoms with Crippen molar-refractivity contribution >= 4 is 11.8 Å². The molecule has 0 aliphatic rings. The lowest BCUT2D eigenvalue weighted by molar-refractivity contribution is -0.0384. The molecule has 62 valence electrons. The fraction of sp³-hybridized carbons (Fsp3) is 1.00. The Hall–Kier alpha value is 0.100. The van der Waals surface area contributed by atoms with Gasteiger partial charge >= 0.3 is 5.51 Å². The monoisotopic (exact) mass is 174 g/mol. The Morgan fingerprint density at radius 1 is 1.40 bits per heavy atom. The van der Waals surface area contributed by atoms with Crippen LogP contribution in [0.15, 0.2) is 0 Å². The second-order valence-electron chi connectivity index (χ2n) is 2.08. The lowest BCUT2D eigenvalue weighted by Crippen LogP contribution is -2.23. The quantitative estimate of drug-likeness (QED) is 0.648. The minimum absolute atomic E-state index is 0.0805. The third-order valence-corrected chi connectivity index (χ3v) is 1.95. The number of hydrogen-bond acceptors (Lipinski definition) is 2. The van der Waals surface area contributed by atoms with E-state index < -0.39 is 10.4 Å². The van der Waals surface area contributed by atoms with Crippen LogP contribution in [0.3, 0.4) is 0 Å². The number of hydrogen-bond donors (Lipinski definition) is 1. The van der Waals surface area contributed by atoms with Crippen LogP contribution in [0.2, 0.25) is 0 Å². The largest absolute Gasteiger partial charge is 0.444 e. The molecule has 0 radical (unpaired) electrons. The average Bonchev–Trinajstić information content (AvgIpc) is 1.60. The van der Waals surface area contributed by atoms with Crippen LogP contribution >= 0.6 is 11.8 Å². The molecule has 0 aliphatic heterocycles. The predicted molar refractivity (Wildman–Crippen MR) is 34.6 cm³/mol. The molecule has 0 aromatic heterocycles. The molecule has 0 amide bonds. The van der Waals surface area contributed by atoms with Crippen molar-refractivity contribution in [3.8, 4) is 0 Å². The Kier molecular flexibility index (Phi) is 3.03. The lowest BCUT2D eigenvalue weighted by atomic mass is 10.3. The predicted octanol–water partition coefficient (Wildman–Crippen LogP) is 2.36. The molecule has 1 unspecified atom stereocenters. The van der Waals surface area contributed by atoms with Crippen LogP contribution in [-0.4, -0.2) is 15.5 Å². The first-order chi connectivity index (χ1) is 4.27. The summed E-state index contributed by atoms with van der Waals surface area (Å²) in [4.78, 5) is -1.68. The molecule has 1 N–H and O–H groups in total. The highest BCUT2D eigenvalue weighted by Gasteiger charge is 2.37. The number of rotatable bonds is 2. The van der Waals surface area contributed by atoms with Crippen LogP contribution in [-0.2, 0) is 0 Å². The van der Waals surface area contributed by atoms with E-state index in [4.69, 9.17) is 5.11 Å². The number of thioether (sulfide) groups is 1. The Morgan fingerprint density at radius 2 is 1.80 bits per heavy atom. The second kappa shape index (κ2) is 3.00. The molecule has 0 aliphatic carbocycles. The molecule has 0 bridgehead atoms. The zero-order valence-corrected chi connectivity index (χ0v) is 6.51. The molecular weight excluding hydrogens is 165 g/mol. The van der Waals surface area contributed by atoms with E-state index in [0.717, 1.165) is 6.92 Å². The van der Waals surface area contributed by atoms with Crippen LogP contribution in [0.5, 0.6) is 0 Å². The van der Waals surface area contributed by atoms with Gasteiger partial charge in [0.1, 0.15) is 4.93 Å². The summed E-state index contributed by atoms with van der Waals surface area (Å²) in [6, 6.07) is 0. The summed E-state index contributed by atoms with van der Waals surface area (Å²) in [5, 5.41) is 8.90. The molecule has 0 aromatic carbocycles. The van der Waals surface area contributed by atoms with Gasteiger partial charge in [0.25, 0.3) is 0 Å². The van der Waals surface area contributed by atoms with E-state index in [-0.39, 0.29) is 18.2 Å². The van der Waals surface area contributed by atoms with Crippen LogP contribution in [0.1, 0.15) is 20.3 Å². The summed E-state index contributed by atoms with van der Waals surface area (Å²) in [5.41, 5.74) is -4.35. The zero-order chi connectivity index (χ0) is 8.41. The number of aliphatic hydroxyl groups is 1. The molecular formula is C5H9F3OS. The van der Waals surface area contributed by atoms with Crippen molar-refractivity contribution in [2.75, 3.05) is 0 Å².